The number of carboxylic acids is 1. The number of carbonyl (C=O) groups excluding carboxylic acids is 2. The lowest BCUT2D eigenvalue weighted by Gasteiger charge is -2.16. The van der Waals surface area contributed by atoms with E-state index in [1.807, 2.05) is 13.0 Å². The maximum Gasteiger partial charge on any atom is 0.336 e. The summed E-state index contributed by atoms with van der Waals surface area (Å²) in [7, 11) is 1.52. The van der Waals surface area contributed by atoms with Gasteiger partial charge in [-0.25, -0.2) is 4.79 Å². The summed E-state index contributed by atoms with van der Waals surface area (Å²) in [5, 5.41) is 14.9. The molecule has 1 unspecified atom stereocenters. The second-order valence-electron chi connectivity index (χ2n) is 7.19. The molecule has 0 spiro atoms. The molecule has 176 valence electrons. The molecular formula is C25H23ClN2O5S. The van der Waals surface area contributed by atoms with Crippen LogP contribution in [0.3, 0.4) is 0 Å². The van der Waals surface area contributed by atoms with E-state index < -0.39 is 11.9 Å². The molecule has 3 rings (SSSR count). The van der Waals surface area contributed by atoms with E-state index in [1.54, 1.807) is 48.5 Å². The van der Waals surface area contributed by atoms with Gasteiger partial charge in [-0.1, -0.05) is 36.7 Å². The number of aromatic carboxylic acids is 1. The van der Waals surface area contributed by atoms with Crippen molar-refractivity contribution in [3.8, 4) is 5.75 Å². The lowest BCUT2D eigenvalue weighted by atomic mass is 10.1. The molecule has 3 aromatic rings. The number of rotatable bonds is 9. The van der Waals surface area contributed by atoms with Crippen LogP contribution in [-0.2, 0) is 4.79 Å². The lowest BCUT2D eigenvalue weighted by molar-refractivity contribution is -0.115. The predicted octanol–water partition coefficient (Wildman–Crippen LogP) is 5.81. The number of hydrogen-bond acceptors (Lipinski definition) is 5. The summed E-state index contributed by atoms with van der Waals surface area (Å²) in [5.74, 6) is -1.36. The predicted molar refractivity (Wildman–Crippen MR) is 134 cm³/mol. The first kappa shape index (κ1) is 25.1. The third-order valence-corrected chi connectivity index (χ3v) is 6.51. The molecule has 7 nitrogen and oxygen atoms in total. The zero-order valence-electron chi connectivity index (χ0n) is 18.5. The van der Waals surface area contributed by atoms with Crippen LogP contribution in [0.2, 0.25) is 5.02 Å². The van der Waals surface area contributed by atoms with Crippen molar-refractivity contribution >= 4 is 52.5 Å². The third-order valence-electron chi connectivity index (χ3n) is 4.85. The molecule has 0 radical (unpaired) electrons. The number of carboxylic acid groups (broad SMARTS) is 1. The summed E-state index contributed by atoms with van der Waals surface area (Å²) in [5.41, 5.74) is 1.05. The van der Waals surface area contributed by atoms with Crippen molar-refractivity contribution in [2.24, 2.45) is 0 Å². The number of carbonyl (C=O) groups is 3. The van der Waals surface area contributed by atoms with Crippen molar-refractivity contribution in [2.75, 3.05) is 17.7 Å². The van der Waals surface area contributed by atoms with Crippen LogP contribution in [0.5, 0.6) is 5.75 Å². The summed E-state index contributed by atoms with van der Waals surface area (Å²) < 4.78 is 5.13. The number of hydrogen-bond donors (Lipinski definition) is 3. The van der Waals surface area contributed by atoms with Gasteiger partial charge in [0.05, 0.1) is 28.5 Å². The van der Waals surface area contributed by atoms with Crippen LogP contribution in [0.1, 0.15) is 34.1 Å². The molecule has 3 aromatic carbocycles. The Kier molecular flexibility index (Phi) is 8.56. The van der Waals surface area contributed by atoms with Crippen LogP contribution >= 0.6 is 23.4 Å². The molecule has 0 bridgehead atoms. The summed E-state index contributed by atoms with van der Waals surface area (Å²) in [4.78, 5) is 37.7. The molecule has 0 heterocycles. The zero-order chi connectivity index (χ0) is 24.7. The molecule has 1 atom stereocenters. The first-order valence-electron chi connectivity index (χ1n) is 10.4. The van der Waals surface area contributed by atoms with Gasteiger partial charge in [0.1, 0.15) is 5.75 Å². The van der Waals surface area contributed by atoms with Gasteiger partial charge in [-0.15, -0.1) is 11.8 Å². The van der Waals surface area contributed by atoms with Crippen LogP contribution in [-0.4, -0.2) is 35.2 Å². The van der Waals surface area contributed by atoms with Gasteiger partial charge in [0, 0.05) is 16.3 Å². The van der Waals surface area contributed by atoms with E-state index in [-0.39, 0.29) is 22.3 Å². The molecular weight excluding hydrogens is 476 g/mol. The molecule has 0 saturated carbocycles. The Morgan fingerprint density at radius 3 is 2.32 bits per heavy atom. The van der Waals surface area contributed by atoms with Crippen LogP contribution in [0.15, 0.2) is 71.6 Å². The smallest absolute Gasteiger partial charge is 0.336 e. The van der Waals surface area contributed by atoms with Gasteiger partial charge in [-0.2, -0.15) is 0 Å². The van der Waals surface area contributed by atoms with Gasteiger partial charge >= 0.3 is 5.97 Å². The molecule has 0 aliphatic rings. The average Bonchev–Trinajstić information content (AvgIpc) is 2.82. The van der Waals surface area contributed by atoms with E-state index in [2.05, 4.69) is 10.6 Å². The van der Waals surface area contributed by atoms with E-state index in [0.717, 1.165) is 4.90 Å². The molecule has 0 fully saturated rings. The average molecular weight is 499 g/mol. The summed E-state index contributed by atoms with van der Waals surface area (Å²) in [6.45, 7) is 1.91. The van der Waals surface area contributed by atoms with E-state index in [4.69, 9.17) is 16.3 Å². The molecule has 2 amide bonds. The normalized spacial score (nSPS) is 11.4. The van der Waals surface area contributed by atoms with Gasteiger partial charge < -0.3 is 20.5 Å². The highest BCUT2D eigenvalue weighted by atomic mass is 35.5. The van der Waals surface area contributed by atoms with E-state index in [9.17, 15) is 19.5 Å². The fourth-order valence-electron chi connectivity index (χ4n) is 3.17. The van der Waals surface area contributed by atoms with Crippen LogP contribution in [0, 0.1) is 0 Å². The molecule has 34 heavy (non-hydrogen) atoms. The number of nitrogens with one attached hydrogen (secondary N) is 2. The van der Waals surface area contributed by atoms with Gasteiger partial charge in [0.2, 0.25) is 5.91 Å². The monoisotopic (exact) mass is 498 g/mol. The van der Waals surface area contributed by atoms with Gasteiger partial charge in [0.15, 0.2) is 0 Å². The Labute approximate surface area is 206 Å². The van der Waals surface area contributed by atoms with Gasteiger partial charge in [0.25, 0.3) is 5.91 Å². The van der Waals surface area contributed by atoms with Crippen LogP contribution in [0.25, 0.3) is 0 Å². The highest BCUT2D eigenvalue weighted by Crippen LogP contribution is 2.31. The van der Waals surface area contributed by atoms with Gasteiger partial charge in [-0.05, 0) is 55.0 Å². The van der Waals surface area contributed by atoms with E-state index in [0.29, 0.717) is 28.6 Å². The maximum atomic E-state index is 12.8. The topological polar surface area (TPSA) is 105 Å². The number of thioether (sulfide) groups is 1. The molecule has 0 aromatic heterocycles. The highest BCUT2D eigenvalue weighted by molar-refractivity contribution is 8.00. The Bertz CT molecular complexity index is 1220. The number of amides is 2. The standard InChI is InChI=1S/C25H23ClN2O5S/c1-3-22(24(30)28-16-11-12-21(33-2)20(26)14-16)34-17-8-6-7-15(13-17)27-23(29)18-9-4-5-10-19(18)25(31)32/h4-14,22H,3H2,1-2H3,(H,27,29)(H,28,30)(H,31,32). The van der Waals surface area contributed by atoms with E-state index >= 15 is 0 Å². The third kappa shape index (κ3) is 6.30. The fourth-order valence-corrected chi connectivity index (χ4v) is 4.44. The fraction of sp³-hybridized carbons (Fsp3) is 0.160. The molecule has 0 aliphatic heterocycles. The quantitative estimate of drug-likeness (QED) is 0.322. The van der Waals surface area contributed by atoms with Crippen molar-refractivity contribution in [3.05, 3.63) is 82.9 Å². The zero-order valence-corrected chi connectivity index (χ0v) is 20.1. The molecule has 9 heteroatoms. The number of halogens is 1. The van der Waals surface area contributed by atoms with Crippen LogP contribution in [0.4, 0.5) is 11.4 Å². The summed E-state index contributed by atoms with van der Waals surface area (Å²) >= 11 is 7.50. The highest BCUT2D eigenvalue weighted by Gasteiger charge is 2.20. The van der Waals surface area contributed by atoms with Crippen LogP contribution < -0.4 is 15.4 Å². The number of benzene rings is 3. The Hall–Kier alpha value is -3.49. The van der Waals surface area contributed by atoms with Crippen molar-refractivity contribution in [1.29, 1.82) is 0 Å². The Morgan fingerprint density at radius 2 is 1.68 bits per heavy atom. The van der Waals surface area contributed by atoms with Crippen molar-refractivity contribution in [2.45, 2.75) is 23.5 Å². The molecule has 0 saturated heterocycles. The number of ether oxygens (including phenoxy) is 1. The van der Waals surface area contributed by atoms with Crippen molar-refractivity contribution in [3.63, 3.8) is 0 Å². The first-order chi connectivity index (χ1) is 16.3. The summed E-state index contributed by atoms with van der Waals surface area (Å²) in [6, 6.07) is 18.1. The van der Waals surface area contributed by atoms with Crippen molar-refractivity contribution in [1.82, 2.24) is 0 Å². The Balaban J connectivity index is 1.70. The number of anilines is 2. The largest absolute Gasteiger partial charge is 0.495 e. The second kappa shape index (κ2) is 11.6. The molecule has 3 N–H and O–H groups in total. The minimum absolute atomic E-state index is 0.0667. The second-order valence-corrected chi connectivity index (χ2v) is 8.87. The van der Waals surface area contributed by atoms with Crippen molar-refractivity contribution < 1.29 is 24.2 Å². The van der Waals surface area contributed by atoms with E-state index in [1.165, 1.54) is 31.0 Å². The molecule has 0 aliphatic carbocycles. The minimum Gasteiger partial charge on any atom is -0.495 e. The SMILES string of the molecule is CCC(Sc1cccc(NC(=O)c2ccccc2C(=O)O)c1)C(=O)Nc1ccc(OC)c(Cl)c1. The minimum atomic E-state index is -1.18. The first-order valence-corrected chi connectivity index (χ1v) is 11.6. The lowest BCUT2D eigenvalue weighted by Crippen LogP contribution is -2.24. The maximum absolute atomic E-state index is 12.8. The summed E-state index contributed by atoms with van der Waals surface area (Å²) in [6.07, 6.45) is 0.572. The number of methoxy groups -OCH3 is 1. The van der Waals surface area contributed by atoms with Gasteiger partial charge in [-0.3, -0.25) is 9.59 Å². The Morgan fingerprint density at radius 1 is 0.971 bits per heavy atom.